The van der Waals surface area contributed by atoms with Gasteiger partial charge in [-0.25, -0.2) is 9.37 Å². The van der Waals surface area contributed by atoms with E-state index in [9.17, 15) is 9.18 Å². The Morgan fingerprint density at radius 3 is 2.95 bits per heavy atom. The summed E-state index contributed by atoms with van der Waals surface area (Å²) >= 11 is 3.14. The summed E-state index contributed by atoms with van der Waals surface area (Å²) in [7, 11) is 1.45. The van der Waals surface area contributed by atoms with Gasteiger partial charge < -0.3 is 14.8 Å². The lowest BCUT2D eigenvalue weighted by atomic mass is 10.1. The van der Waals surface area contributed by atoms with Crippen molar-refractivity contribution in [2.24, 2.45) is 0 Å². The van der Waals surface area contributed by atoms with Gasteiger partial charge in [-0.15, -0.1) is 0 Å². The number of halogens is 2. The number of methoxy groups -OCH3 is 1. The van der Waals surface area contributed by atoms with Crippen LogP contribution in [0.15, 0.2) is 22.9 Å². The molecule has 0 aliphatic carbocycles. The van der Waals surface area contributed by atoms with Gasteiger partial charge in [0.15, 0.2) is 4.73 Å². The van der Waals surface area contributed by atoms with Crippen molar-refractivity contribution >= 4 is 21.9 Å². The third-order valence-electron chi connectivity index (χ3n) is 2.49. The van der Waals surface area contributed by atoms with Crippen LogP contribution in [0.25, 0.3) is 11.3 Å². The lowest BCUT2D eigenvalue weighted by Crippen LogP contribution is -2.02. The summed E-state index contributed by atoms with van der Waals surface area (Å²) in [6, 6.07) is 3.99. The molecule has 19 heavy (non-hydrogen) atoms. The Balaban J connectivity index is 2.57. The highest BCUT2D eigenvalue weighted by atomic mass is 79.9. The second-order valence-corrected chi connectivity index (χ2v) is 4.52. The molecule has 2 rings (SSSR count). The molecule has 7 heteroatoms. The van der Waals surface area contributed by atoms with Gasteiger partial charge in [0, 0.05) is 5.56 Å². The molecule has 5 nitrogen and oxygen atoms in total. The van der Waals surface area contributed by atoms with Gasteiger partial charge in [0.05, 0.1) is 24.9 Å². The van der Waals surface area contributed by atoms with Crippen molar-refractivity contribution in [2.45, 2.75) is 6.42 Å². The number of ether oxygens (including phenoxy) is 1. The van der Waals surface area contributed by atoms with Crippen LogP contribution in [0.5, 0.6) is 5.75 Å². The first-order chi connectivity index (χ1) is 9.01. The molecule has 2 aromatic rings. The average molecular weight is 329 g/mol. The maximum Gasteiger partial charge on any atom is 0.309 e. The SMILES string of the molecule is COc1ccc(F)cc1-c1nc(Br)[nH]c1CC(=O)O. The highest BCUT2D eigenvalue weighted by Crippen LogP contribution is 2.32. The van der Waals surface area contributed by atoms with E-state index in [1.54, 1.807) is 0 Å². The van der Waals surface area contributed by atoms with Crippen LogP contribution in [0.4, 0.5) is 4.39 Å². The number of aromatic nitrogens is 2. The molecule has 1 aromatic carbocycles. The molecule has 0 amide bonds. The standard InChI is InChI=1S/C12H10BrFN2O3/c1-19-9-3-2-6(14)4-7(9)11-8(5-10(17)18)15-12(13)16-11/h2-4H,5H2,1H3,(H,15,16)(H,17,18). The summed E-state index contributed by atoms with van der Waals surface area (Å²) in [6.07, 6.45) is -0.242. The van der Waals surface area contributed by atoms with Gasteiger partial charge >= 0.3 is 5.97 Å². The maximum atomic E-state index is 13.3. The Kier molecular flexibility index (Phi) is 3.84. The number of nitrogens with one attached hydrogen (secondary N) is 1. The molecule has 1 heterocycles. The number of carboxylic acids is 1. The van der Waals surface area contributed by atoms with Crippen LogP contribution in [0.3, 0.4) is 0 Å². The minimum Gasteiger partial charge on any atom is -0.496 e. The van der Waals surface area contributed by atoms with Gasteiger partial charge in [0.2, 0.25) is 0 Å². The van der Waals surface area contributed by atoms with E-state index < -0.39 is 11.8 Å². The second kappa shape index (κ2) is 5.40. The molecule has 0 aliphatic heterocycles. The number of carboxylic acid groups (broad SMARTS) is 1. The number of H-pyrrole nitrogens is 1. The van der Waals surface area contributed by atoms with E-state index in [-0.39, 0.29) is 6.42 Å². The van der Waals surface area contributed by atoms with Crippen LogP contribution < -0.4 is 4.74 Å². The fourth-order valence-electron chi connectivity index (χ4n) is 1.74. The van der Waals surface area contributed by atoms with E-state index in [0.29, 0.717) is 27.4 Å². The molecular formula is C12H10BrFN2O3. The number of nitrogens with zero attached hydrogens (tertiary/aromatic N) is 1. The molecule has 0 bridgehead atoms. The smallest absolute Gasteiger partial charge is 0.309 e. The molecule has 0 saturated heterocycles. The van der Waals surface area contributed by atoms with E-state index in [1.165, 1.54) is 25.3 Å². The van der Waals surface area contributed by atoms with Gasteiger partial charge in [-0.3, -0.25) is 4.79 Å². The van der Waals surface area contributed by atoms with Crippen LogP contribution in [0.1, 0.15) is 5.69 Å². The van der Waals surface area contributed by atoms with Gasteiger partial charge in [-0.1, -0.05) is 0 Å². The number of aliphatic carboxylic acids is 1. The monoisotopic (exact) mass is 328 g/mol. The molecule has 0 atom stereocenters. The third kappa shape index (κ3) is 2.93. The van der Waals surface area contributed by atoms with Crippen molar-refractivity contribution in [3.05, 3.63) is 34.4 Å². The zero-order chi connectivity index (χ0) is 14.0. The predicted molar refractivity (Wildman–Crippen MR) is 69.6 cm³/mol. The number of hydrogen-bond donors (Lipinski definition) is 2. The average Bonchev–Trinajstić information content (AvgIpc) is 2.69. The number of hydrogen-bond acceptors (Lipinski definition) is 3. The molecule has 0 saturated carbocycles. The van der Waals surface area contributed by atoms with E-state index >= 15 is 0 Å². The van der Waals surface area contributed by atoms with Crippen molar-refractivity contribution in [2.75, 3.05) is 7.11 Å². The number of carbonyl (C=O) groups is 1. The minimum absolute atomic E-state index is 0.242. The van der Waals surface area contributed by atoms with Crippen molar-refractivity contribution in [3.8, 4) is 17.0 Å². The second-order valence-electron chi connectivity index (χ2n) is 3.77. The number of benzene rings is 1. The quantitative estimate of drug-likeness (QED) is 0.904. The van der Waals surface area contributed by atoms with Crippen LogP contribution in [-0.4, -0.2) is 28.2 Å². The van der Waals surface area contributed by atoms with Crippen LogP contribution in [0.2, 0.25) is 0 Å². The summed E-state index contributed by atoms with van der Waals surface area (Å²) in [6.45, 7) is 0. The fraction of sp³-hybridized carbons (Fsp3) is 0.167. The largest absolute Gasteiger partial charge is 0.496 e. The zero-order valence-corrected chi connectivity index (χ0v) is 11.5. The van der Waals surface area contributed by atoms with Crippen molar-refractivity contribution < 1.29 is 19.0 Å². The van der Waals surface area contributed by atoms with Gasteiger partial charge in [-0.2, -0.15) is 0 Å². The first kappa shape index (κ1) is 13.5. The predicted octanol–water partition coefficient (Wildman–Crippen LogP) is 2.61. The van der Waals surface area contributed by atoms with E-state index in [0.717, 1.165) is 0 Å². The number of aromatic amines is 1. The highest BCUT2D eigenvalue weighted by Gasteiger charge is 2.18. The van der Waals surface area contributed by atoms with Crippen molar-refractivity contribution in [1.29, 1.82) is 0 Å². The maximum absolute atomic E-state index is 13.3. The molecule has 0 unspecified atom stereocenters. The van der Waals surface area contributed by atoms with Crippen molar-refractivity contribution in [1.82, 2.24) is 9.97 Å². The highest BCUT2D eigenvalue weighted by molar-refractivity contribution is 9.10. The molecule has 0 aliphatic rings. The van der Waals surface area contributed by atoms with Crippen LogP contribution >= 0.6 is 15.9 Å². The summed E-state index contributed by atoms with van der Waals surface area (Å²) in [5.41, 5.74) is 1.13. The molecule has 0 spiro atoms. The first-order valence-corrected chi connectivity index (χ1v) is 6.10. The van der Waals surface area contributed by atoms with Gasteiger partial charge in [0.25, 0.3) is 0 Å². The fourth-order valence-corrected chi connectivity index (χ4v) is 2.16. The summed E-state index contributed by atoms with van der Waals surface area (Å²) in [5.74, 6) is -1.03. The van der Waals surface area contributed by atoms with E-state index in [1.807, 2.05) is 0 Å². The Labute approximate surface area is 116 Å². The summed E-state index contributed by atoms with van der Waals surface area (Å²) in [5, 5.41) is 8.86. The lowest BCUT2D eigenvalue weighted by Gasteiger charge is -2.07. The normalized spacial score (nSPS) is 10.5. The minimum atomic E-state index is -1.01. The summed E-state index contributed by atoms with van der Waals surface area (Å²) < 4.78 is 18.9. The van der Waals surface area contributed by atoms with E-state index in [4.69, 9.17) is 9.84 Å². The number of rotatable bonds is 4. The Hall–Kier alpha value is -1.89. The topological polar surface area (TPSA) is 75.2 Å². The molecule has 0 fully saturated rings. The van der Waals surface area contributed by atoms with E-state index in [2.05, 4.69) is 25.9 Å². The first-order valence-electron chi connectivity index (χ1n) is 5.31. The molecule has 100 valence electrons. The Morgan fingerprint density at radius 2 is 2.32 bits per heavy atom. The molecule has 0 radical (unpaired) electrons. The van der Waals surface area contributed by atoms with Crippen LogP contribution in [-0.2, 0) is 11.2 Å². The lowest BCUT2D eigenvalue weighted by molar-refractivity contribution is -0.136. The summed E-state index contributed by atoms with van der Waals surface area (Å²) in [4.78, 5) is 17.7. The van der Waals surface area contributed by atoms with Gasteiger partial charge in [0.1, 0.15) is 11.6 Å². The zero-order valence-electron chi connectivity index (χ0n) is 9.91. The molecule has 2 N–H and O–H groups in total. The van der Waals surface area contributed by atoms with Crippen LogP contribution in [0, 0.1) is 5.82 Å². The van der Waals surface area contributed by atoms with Gasteiger partial charge in [-0.05, 0) is 34.1 Å². The Morgan fingerprint density at radius 1 is 1.58 bits per heavy atom. The molecular weight excluding hydrogens is 319 g/mol. The number of imidazole rings is 1. The van der Waals surface area contributed by atoms with Crippen molar-refractivity contribution in [3.63, 3.8) is 0 Å². The molecule has 1 aromatic heterocycles. The third-order valence-corrected chi connectivity index (χ3v) is 2.87. The Bertz CT molecular complexity index is 627.